The van der Waals surface area contributed by atoms with Crippen molar-refractivity contribution in [2.45, 2.75) is 33.3 Å². The van der Waals surface area contributed by atoms with E-state index in [-0.39, 0.29) is 5.41 Å². The van der Waals surface area contributed by atoms with Crippen molar-refractivity contribution in [3.63, 3.8) is 0 Å². The number of benzene rings is 1. The van der Waals surface area contributed by atoms with Gasteiger partial charge in [0.25, 0.3) is 0 Å². The molecule has 1 aromatic carbocycles. The summed E-state index contributed by atoms with van der Waals surface area (Å²) >= 11 is 0. The van der Waals surface area contributed by atoms with Gasteiger partial charge in [-0.05, 0) is 29.5 Å². The predicted octanol–water partition coefficient (Wildman–Crippen LogP) is 2.27. The molecule has 1 unspecified atom stereocenters. The first kappa shape index (κ1) is 12.2. The molecular formula is C13H21NO. The lowest BCUT2D eigenvalue weighted by atomic mass is 9.84. The van der Waals surface area contributed by atoms with Gasteiger partial charge in [-0.3, -0.25) is 0 Å². The van der Waals surface area contributed by atoms with E-state index < -0.39 is 6.10 Å². The van der Waals surface area contributed by atoms with Crippen LogP contribution in [0.15, 0.2) is 24.3 Å². The Labute approximate surface area is 92.1 Å². The Balaban J connectivity index is 2.90. The molecule has 2 heteroatoms. The van der Waals surface area contributed by atoms with Crippen LogP contribution >= 0.6 is 0 Å². The van der Waals surface area contributed by atoms with E-state index in [2.05, 4.69) is 0 Å². The molecule has 1 atom stereocenters. The SMILES string of the molecule is CC(C)(C)C(O)c1cccc(CCN)c1. The molecular weight excluding hydrogens is 186 g/mol. The smallest absolute Gasteiger partial charge is 0.0838 e. The molecule has 0 aliphatic carbocycles. The van der Waals surface area contributed by atoms with Crippen molar-refractivity contribution in [2.75, 3.05) is 6.54 Å². The van der Waals surface area contributed by atoms with Crippen LogP contribution in [0.1, 0.15) is 38.0 Å². The first-order valence-corrected chi connectivity index (χ1v) is 5.42. The van der Waals surface area contributed by atoms with Gasteiger partial charge in [-0.25, -0.2) is 0 Å². The van der Waals surface area contributed by atoms with Gasteiger partial charge in [-0.2, -0.15) is 0 Å². The Hall–Kier alpha value is -0.860. The zero-order chi connectivity index (χ0) is 11.5. The molecule has 15 heavy (non-hydrogen) atoms. The summed E-state index contributed by atoms with van der Waals surface area (Å²) in [4.78, 5) is 0. The minimum Gasteiger partial charge on any atom is -0.388 e. The summed E-state index contributed by atoms with van der Waals surface area (Å²) in [5, 5.41) is 10.1. The average Bonchev–Trinajstić information content (AvgIpc) is 2.16. The molecule has 0 bridgehead atoms. The maximum Gasteiger partial charge on any atom is 0.0838 e. The van der Waals surface area contributed by atoms with Crippen LogP contribution in [0, 0.1) is 5.41 Å². The summed E-state index contributed by atoms with van der Waals surface area (Å²) < 4.78 is 0. The quantitative estimate of drug-likeness (QED) is 0.798. The van der Waals surface area contributed by atoms with Gasteiger partial charge >= 0.3 is 0 Å². The lowest BCUT2D eigenvalue weighted by molar-refractivity contribution is 0.0626. The molecule has 0 spiro atoms. The van der Waals surface area contributed by atoms with E-state index in [0.717, 1.165) is 12.0 Å². The van der Waals surface area contributed by atoms with Crippen LogP contribution < -0.4 is 5.73 Å². The molecule has 84 valence electrons. The fourth-order valence-corrected chi connectivity index (χ4v) is 1.59. The summed E-state index contributed by atoms with van der Waals surface area (Å²) in [5.41, 5.74) is 7.56. The van der Waals surface area contributed by atoms with Gasteiger partial charge in [-0.1, -0.05) is 45.0 Å². The molecule has 1 rings (SSSR count). The first-order chi connectivity index (χ1) is 6.95. The molecule has 0 aliphatic rings. The van der Waals surface area contributed by atoms with Crippen molar-refractivity contribution in [3.8, 4) is 0 Å². The van der Waals surface area contributed by atoms with Gasteiger partial charge < -0.3 is 10.8 Å². The zero-order valence-corrected chi connectivity index (χ0v) is 9.83. The fourth-order valence-electron chi connectivity index (χ4n) is 1.59. The predicted molar refractivity (Wildman–Crippen MR) is 63.6 cm³/mol. The summed E-state index contributed by atoms with van der Waals surface area (Å²) in [5.74, 6) is 0. The maximum absolute atomic E-state index is 10.1. The third kappa shape index (κ3) is 3.33. The van der Waals surface area contributed by atoms with Crippen molar-refractivity contribution >= 4 is 0 Å². The van der Waals surface area contributed by atoms with E-state index in [1.165, 1.54) is 5.56 Å². The molecule has 0 saturated heterocycles. The highest BCUT2D eigenvalue weighted by Crippen LogP contribution is 2.32. The van der Waals surface area contributed by atoms with E-state index in [0.29, 0.717) is 6.54 Å². The highest BCUT2D eigenvalue weighted by molar-refractivity contribution is 5.26. The van der Waals surface area contributed by atoms with E-state index in [1.54, 1.807) is 0 Å². The van der Waals surface area contributed by atoms with Crippen LogP contribution in [0.4, 0.5) is 0 Å². The lowest BCUT2D eigenvalue weighted by Gasteiger charge is -2.26. The fraction of sp³-hybridized carbons (Fsp3) is 0.538. The summed E-state index contributed by atoms with van der Waals surface area (Å²) in [6.45, 7) is 6.75. The molecule has 0 saturated carbocycles. The standard InChI is InChI=1S/C13H21NO/c1-13(2,3)12(15)11-6-4-5-10(9-11)7-8-14/h4-6,9,12,15H,7-8,14H2,1-3H3. The van der Waals surface area contributed by atoms with E-state index >= 15 is 0 Å². The minimum absolute atomic E-state index is 0.124. The number of aliphatic hydroxyl groups is 1. The minimum atomic E-state index is -0.421. The van der Waals surface area contributed by atoms with Gasteiger partial charge in [-0.15, -0.1) is 0 Å². The zero-order valence-electron chi connectivity index (χ0n) is 9.83. The Bertz CT molecular complexity index is 315. The van der Waals surface area contributed by atoms with Crippen LogP contribution in [-0.4, -0.2) is 11.7 Å². The second kappa shape index (κ2) is 4.77. The topological polar surface area (TPSA) is 46.2 Å². The molecule has 1 aromatic rings. The second-order valence-corrected chi connectivity index (χ2v) is 5.05. The normalized spacial score (nSPS) is 13.9. The van der Waals surface area contributed by atoms with Crippen LogP contribution in [-0.2, 0) is 6.42 Å². The van der Waals surface area contributed by atoms with Crippen LogP contribution in [0.25, 0.3) is 0 Å². The van der Waals surface area contributed by atoms with Crippen molar-refractivity contribution < 1.29 is 5.11 Å². The van der Waals surface area contributed by atoms with Gasteiger partial charge in [0.1, 0.15) is 0 Å². The van der Waals surface area contributed by atoms with Gasteiger partial charge in [0, 0.05) is 0 Å². The highest BCUT2D eigenvalue weighted by Gasteiger charge is 2.23. The largest absolute Gasteiger partial charge is 0.388 e. The number of aliphatic hydroxyl groups excluding tert-OH is 1. The monoisotopic (exact) mass is 207 g/mol. The molecule has 0 aromatic heterocycles. The van der Waals surface area contributed by atoms with Crippen molar-refractivity contribution in [2.24, 2.45) is 11.1 Å². The Morgan fingerprint density at radius 2 is 2.00 bits per heavy atom. The Morgan fingerprint density at radius 3 is 2.53 bits per heavy atom. The number of nitrogens with two attached hydrogens (primary N) is 1. The van der Waals surface area contributed by atoms with Crippen LogP contribution in [0.3, 0.4) is 0 Å². The Kier molecular flexibility index (Phi) is 3.89. The van der Waals surface area contributed by atoms with Gasteiger partial charge in [0.05, 0.1) is 6.10 Å². The van der Waals surface area contributed by atoms with E-state index in [1.807, 2.05) is 45.0 Å². The highest BCUT2D eigenvalue weighted by atomic mass is 16.3. The lowest BCUT2D eigenvalue weighted by Crippen LogP contribution is -2.18. The number of hydrogen-bond acceptors (Lipinski definition) is 2. The summed E-state index contributed by atoms with van der Waals surface area (Å²) in [6, 6.07) is 8.04. The van der Waals surface area contributed by atoms with Crippen molar-refractivity contribution in [3.05, 3.63) is 35.4 Å². The summed E-state index contributed by atoms with van der Waals surface area (Å²) in [7, 11) is 0. The number of rotatable bonds is 3. The van der Waals surface area contributed by atoms with Gasteiger partial charge in [0.15, 0.2) is 0 Å². The van der Waals surface area contributed by atoms with E-state index in [4.69, 9.17) is 5.73 Å². The van der Waals surface area contributed by atoms with Crippen LogP contribution in [0.5, 0.6) is 0 Å². The molecule has 3 N–H and O–H groups in total. The maximum atomic E-state index is 10.1. The summed E-state index contributed by atoms with van der Waals surface area (Å²) in [6.07, 6.45) is 0.445. The molecule has 0 radical (unpaired) electrons. The average molecular weight is 207 g/mol. The molecule has 0 aliphatic heterocycles. The first-order valence-electron chi connectivity index (χ1n) is 5.42. The van der Waals surface area contributed by atoms with Gasteiger partial charge in [0.2, 0.25) is 0 Å². The number of hydrogen-bond donors (Lipinski definition) is 2. The second-order valence-electron chi connectivity index (χ2n) is 5.05. The molecule has 0 fully saturated rings. The van der Waals surface area contributed by atoms with Crippen molar-refractivity contribution in [1.29, 1.82) is 0 Å². The van der Waals surface area contributed by atoms with Crippen LogP contribution in [0.2, 0.25) is 0 Å². The Morgan fingerprint density at radius 1 is 1.33 bits per heavy atom. The molecule has 0 amide bonds. The molecule has 0 heterocycles. The third-order valence-electron chi connectivity index (χ3n) is 2.52. The molecule has 2 nitrogen and oxygen atoms in total. The van der Waals surface area contributed by atoms with E-state index in [9.17, 15) is 5.11 Å². The third-order valence-corrected chi connectivity index (χ3v) is 2.52. The van der Waals surface area contributed by atoms with Crippen molar-refractivity contribution in [1.82, 2.24) is 0 Å².